The molecule has 0 aliphatic heterocycles. The standard InChI is InChI=1S/C17H17N/c1-4-15(13(2)12-18-3)17-11-7-9-14-8-5-6-10-16(14)17/h4-12H,3H2,1-2H3/b13-12-,15-4+. The largest absolute Gasteiger partial charge is 0.272 e. The van der Waals surface area contributed by atoms with Gasteiger partial charge in [-0.25, -0.2) is 0 Å². The molecule has 0 radical (unpaired) electrons. The average Bonchev–Trinajstić information content (AvgIpc) is 2.40. The zero-order valence-corrected chi connectivity index (χ0v) is 10.9. The summed E-state index contributed by atoms with van der Waals surface area (Å²) in [5, 5.41) is 2.53. The van der Waals surface area contributed by atoms with E-state index in [1.165, 1.54) is 21.9 Å². The molecule has 90 valence electrons. The molecule has 1 nitrogen and oxygen atoms in total. The van der Waals surface area contributed by atoms with E-state index in [1.54, 1.807) is 6.20 Å². The summed E-state index contributed by atoms with van der Waals surface area (Å²) in [6.07, 6.45) is 3.93. The van der Waals surface area contributed by atoms with Crippen molar-refractivity contribution in [1.29, 1.82) is 0 Å². The summed E-state index contributed by atoms with van der Waals surface area (Å²) in [7, 11) is 0. The lowest BCUT2D eigenvalue weighted by atomic mass is 9.94. The van der Waals surface area contributed by atoms with Gasteiger partial charge in [-0.3, -0.25) is 4.99 Å². The van der Waals surface area contributed by atoms with Gasteiger partial charge < -0.3 is 0 Å². The van der Waals surface area contributed by atoms with Crippen molar-refractivity contribution in [2.24, 2.45) is 4.99 Å². The molecule has 18 heavy (non-hydrogen) atoms. The lowest BCUT2D eigenvalue weighted by molar-refractivity contribution is 1.43. The minimum atomic E-state index is 1.13. The average molecular weight is 235 g/mol. The molecule has 0 saturated carbocycles. The Morgan fingerprint density at radius 2 is 1.83 bits per heavy atom. The molecule has 0 aromatic heterocycles. The third kappa shape index (κ3) is 2.25. The van der Waals surface area contributed by atoms with E-state index in [4.69, 9.17) is 0 Å². The maximum Gasteiger partial charge on any atom is 0.0295 e. The van der Waals surface area contributed by atoms with Crippen molar-refractivity contribution in [2.45, 2.75) is 13.8 Å². The molecule has 0 N–H and O–H groups in total. The minimum absolute atomic E-state index is 1.13. The van der Waals surface area contributed by atoms with Crippen LogP contribution in [-0.2, 0) is 0 Å². The Hall–Kier alpha value is -2.15. The van der Waals surface area contributed by atoms with Crippen LogP contribution in [0.25, 0.3) is 16.3 Å². The Labute approximate surface area is 108 Å². The van der Waals surface area contributed by atoms with Gasteiger partial charge in [0, 0.05) is 6.20 Å². The highest BCUT2D eigenvalue weighted by atomic mass is 14.6. The smallest absolute Gasteiger partial charge is 0.0295 e. The molecule has 0 saturated heterocycles. The Bertz CT molecular complexity index is 628. The fourth-order valence-corrected chi connectivity index (χ4v) is 2.26. The number of hydrogen-bond donors (Lipinski definition) is 0. The molecule has 2 aromatic carbocycles. The predicted molar refractivity (Wildman–Crippen MR) is 80.9 cm³/mol. The van der Waals surface area contributed by atoms with E-state index in [9.17, 15) is 0 Å². The van der Waals surface area contributed by atoms with Crippen LogP contribution < -0.4 is 0 Å². The number of rotatable bonds is 3. The lowest BCUT2D eigenvalue weighted by Crippen LogP contribution is -1.88. The molecule has 0 atom stereocenters. The fraction of sp³-hybridized carbons (Fsp3) is 0.118. The van der Waals surface area contributed by atoms with E-state index in [2.05, 4.69) is 74.1 Å². The van der Waals surface area contributed by atoms with Gasteiger partial charge in [-0.1, -0.05) is 48.5 Å². The third-order valence-electron chi connectivity index (χ3n) is 3.08. The summed E-state index contributed by atoms with van der Waals surface area (Å²) in [6.45, 7) is 7.63. The number of nitrogens with zero attached hydrogens (tertiary/aromatic N) is 1. The Balaban J connectivity index is 2.67. The first-order valence-electron chi connectivity index (χ1n) is 6.05. The van der Waals surface area contributed by atoms with Gasteiger partial charge in [0.25, 0.3) is 0 Å². The molecule has 1 heteroatoms. The van der Waals surface area contributed by atoms with Gasteiger partial charge in [0.2, 0.25) is 0 Å². The van der Waals surface area contributed by atoms with Crippen LogP contribution in [0.15, 0.2) is 65.3 Å². The Morgan fingerprint density at radius 3 is 2.56 bits per heavy atom. The first kappa shape index (κ1) is 12.3. The van der Waals surface area contributed by atoms with Crippen molar-refractivity contribution >= 4 is 23.1 Å². The SMILES string of the molecule is C=N/C=C(C)\C(=C/C)c1cccc2ccccc12. The van der Waals surface area contributed by atoms with E-state index in [0.29, 0.717) is 0 Å². The first-order chi connectivity index (χ1) is 8.77. The van der Waals surface area contributed by atoms with Crippen LogP contribution in [-0.4, -0.2) is 6.72 Å². The van der Waals surface area contributed by atoms with E-state index < -0.39 is 0 Å². The van der Waals surface area contributed by atoms with Crippen LogP contribution in [0.3, 0.4) is 0 Å². The molecular weight excluding hydrogens is 218 g/mol. The lowest BCUT2D eigenvalue weighted by Gasteiger charge is -2.11. The molecule has 0 fully saturated rings. The van der Waals surface area contributed by atoms with Crippen molar-refractivity contribution in [3.63, 3.8) is 0 Å². The highest BCUT2D eigenvalue weighted by Gasteiger charge is 2.06. The van der Waals surface area contributed by atoms with Gasteiger partial charge in [0.1, 0.15) is 0 Å². The van der Waals surface area contributed by atoms with Crippen LogP contribution >= 0.6 is 0 Å². The van der Waals surface area contributed by atoms with Crippen LogP contribution in [0, 0.1) is 0 Å². The minimum Gasteiger partial charge on any atom is -0.272 e. The number of fused-ring (bicyclic) bond motifs is 1. The summed E-state index contributed by atoms with van der Waals surface area (Å²) in [6, 6.07) is 14.8. The van der Waals surface area contributed by atoms with Crippen LogP contribution in [0.5, 0.6) is 0 Å². The second-order valence-electron chi connectivity index (χ2n) is 4.22. The summed E-state index contributed by atoms with van der Waals surface area (Å²) in [5.74, 6) is 0. The first-order valence-corrected chi connectivity index (χ1v) is 6.05. The van der Waals surface area contributed by atoms with E-state index in [0.717, 1.165) is 5.57 Å². The summed E-state index contributed by atoms with van der Waals surface area (Å²) < 4.78 is 0. The Morgan fingerprint density at radius 1 is 1.11 bits per heavy atom. The molecule has 0 aliphatic carbocycles. The topological polar surface area (TPSA) is 12.4 Å². The second kappa shape index (κ2) is 5.46. The molecule has 0 unspecified atom stereocenters. The van der Waals surface area contributed by atoms with Crippen LogP contribution in [0.4, 0.5) is 0 Å². The van der Waals surface area contributed by atoms with Crippen molar-refractivity contribution in [1.82, 2.24) is 0 Å². The van der Waals surface area contributed by atoms with Crippen molar-refractivity contribution in [2.75, 3.05) is 0 Å². The van der Waals surface area contributed by atoms with Gasteiger partial charge >= 0.3 is 0 Å². The summed E-state index contributed by atoms with van der Waals surface area (Å²) in [4.78, 5) is 3.86. The second-order valence-corrected chi connectivity index (χ2v) is 4.22. The number of aliphatic imine (C=N–C) groups is 1. The molecule has 2 aromatic rings. The number of hydrogen-bond acceptors (Lipinski definition) is 1. The molecule has 0 spiro atoms. The Kier molecular flexibility index (Phi) is 3.73. The van der Waals surface area contributed by atoms with Gasteiger partial charge in [0.15, 0.2) is 0 Å². The highest BCUT2D eigenvalue weighted by molar-refractivity contribution is 5.97. The summed E-state index contributed by atoms with van der Waals surface area (Å²) >= 11 is 0. The van der Waals surface area contributed by atoms with Gasteiger partial charge in [0.05, 0.1) is 0 Å². The molecular formula is C17H17N. The highest BCUT2D eigenvalue weighted by Crippen LogP contribution is 2.29. The van der Waals surface area contributed by atoms with Gasteiger partial charge in [-0.2, -0.15) is 0 Å². The maximum atomic E-state index is 3.86. The quantitative estimate of drug-likeness (QED) is 0.533. The van der Waals surface area contributed by atoms with E-state index >= 15 is 0 Å². The number of allylic oxidation sites excluding steroid dienone is 3. The zero-order valence-electron chi connectivity index (χ0n) is 10.9. The van der Waals surface area contributed by atoms with Gasteiger partial charge in [-0.15, -0.1) is 0 Å². The van der Waals surface area contributed by atoms with Gasteiger partial charge in [-0.05, 0) is 48.0 Å². The van der Waals surface area contributed by atoms with Crippen LogP contribution in [0.1, 0.15) is 19.4 Å². The zero-order chi connectivity index (χ0) is 13.0. The summed E-state index contributed by atoms with van der Waals surface area (Å²) in [5.41, 5.74) is 3.58. The predicted octanol–water partition coefficient (Wildman–Crippen LogP) is 4.85. The molecule has 0 bridgehead atoms. The monoisotopic (exact) mass is 235 g/mol. The van der Waals surface area contributed by atoms with E-state index in [-0.39, 0.29) is 0 Å². The maximum absolute atomic E-state index is 3.86. The van der Waals surface area contributed by atoms with Crippen molar-refractivity contribution in [3.05, 3.63) is 65.9 Å². The van der Waals surface area contributed by atoms with Crippen molar-refractivity contribution < 1.29 is 0 Å². The normalized spacial score (nSPS) is 12.8. The molecule has 0 aliphatic rings. The number of benzene rings is 2. The molecule has 0 amide bonds. The molecule has 0 heterocycles. The van der Waals surface area contributed by atoms with Crippen molar-refractivity contribution in [3.8, 4) is 0 Å². The third-order valence-corrected chi connectivity index (χ3v) is 3.08. The van der Waals surface area contributed by atoms with Crippen LogP contribution in [0.2, 0.25) is 0 Å². The fourth-order valence-electron chi connectivity index (χ4n) is 2.26. The van der Waals surface area contributed by atoms with E-state index in [1.807, 2.05) is 0 Å². The molecule has 2 rings (SSSR count).